The molecule has 0 saturated carbocycles. The zero-order valence-corrected chi connectivity index (χ0v) is 8.09. The summed E-state index contributed by atoms with van der Waals surface area (Å²) in [5.74, 6) is -0.126. The molecule has 2 rings (SSSR count). The molecule has 74 valence electrons. The van der Waals surface area contributed by atoms with E-state index in [4.69, 9.17) is 0 Å². The lowest BCUT2D eigenvalue weighted by molar-refractivity contribution is 0.609. The van der Waals surface area contributed by atoms with Crippen molar-refractivity contribution in [3.63, 3.8) is 0 Å². The van der Waals surface area contributed by atoms with Crippen LogP contribution in [0.25, 0.3) is 6.08 Å². The van der Waals surface area contributed by atoms with Gasteiger partial charge in [0.1, 0.15) is 5.82 Å². The number of rotatable bonds is 1. The maximum absolute atomic E-state index is 13.3. The number of hydrogen-bond acceptors (Lipinski definition) is 1. The number of benzene rings is 1. The zero-order valence-electron chi connectivity index (χ0n) is 8.09. The second-order valence-corrected chi connectivity index (χ2v) is 3.57. The summed E-state index contributed by atoms with van der Waals surface area (Å²) < 4.78 is 13.3. The molecule has 0 bridgehead atoms. The molecule has 2 heteroatoms. The third-order valence-electron chi connectivity index (χ3n) is 2.51. The van der Waals surface area contributed by atoms with Crippen molar-refractivity contribution in [2.24, 2.45) is 0 Å². The molecule has 14 heavy (non-hydrogen) atoms. The van der Waals surface area contributed by atoms with Gasteiger partial charge in [-0.25, -0.2) is 4.39 Å². The first-order valence-electron chi connectivity index (χ1n) is 5.01. The molecule has 1 heterocycles. The monoisotopic (exact) mass is 191 g/mol. The van der Waals surface area contributed by atoms with Crippen molar-refractivity contribution in [3.05, 3.63) is 41.2 Å². The van der Waals surface area contributed by atoms with Crippen molar-refractivity contribution in [1.29, 1.82) is 0 Å². The predicted octanol–water partition coefficient (Wildman–Crippen LogP) is 2.59. The third-order valence-corrected chi connectivity index (χ3v) is 2.51. The van der Waals surface area contributed by atoms with Gasteiger partial charge in [-0.05, 0) is 32.0 Å². The van der Waals surface area contributed by atoms with Crippen LogP contribution in [0.2, 0.25) is 0 Å². The summed E-state index contributed by atoms with van der Waals surface area (Å²) in [6, 6.07) is 6.92. The van der Waals surface area contributed by atoms with E-state index in [0.29, 0.717) is 5.56 Å². The largest absolute Gasteiger partial charge is 0.316 e. The highest BCUT2D eigenvalue weighted by Gasteiger charge is 2.05. The SMILES string of the molecule is Fc1ccccc1C=C1CCNCC1. The van der Waals surface area contributed by atoms with Crippen LogP contribution in [-0.2, 0) is 0 Å². The number of piperidine rings is 1. The fourth-order valence-corrected chi connectivity index (χ4v) is 1.70. The lowest BCUT2D eigenvalue weighted by Crippen LogP contribution is -2.22. The van der Waals surface area contributed by atoms with Crippen LogP contribution in [0.3, 0.4) is 0 Å². The molecule has 0 radical (unpaired) electrons. The predicted molar refractivity (Wildman–Crippen MR) is 56.5 cm³/mol. The van der Waals surface area contributed by atoms with Crippen LogP contribution in [0, 0.1) is 5.82 Å². The van der Waals surface area contributed by atoms with E-state index in [1.165, 1.54) is 11.6 Å². The van der Waals surface area contributed by atoms with Gasteiger partial charge in [0.15, 0.2) is 0 Å². The molecule has 0 amide bonds. The van der Waals surface area contributed by atoms with Gasteiger partial charge in [0.25, 0.3) is 0 Å². The summed E-state index contributed by atoms with van der Waals surface area (Å²) in [5, 5.41) is 3.28. The molecular weight excluding hydrogens is 177 g/mol. The van der Waals surface area contributed by atoms with Crippen molar-refractivity contribution >= 4 is 6.08 Å². The number of nitrogens with one attached hydrogen (secondary N) is 1. The Morgan fingerprint density at radius 2 is 1.86 bits per heavy atom. The molecule has 0 aromatic heterocycles. The standard InChI is InChI=1S/C12H14FN/c13-12-4-2-1-3-11(12)9-10-5-7-14-8-6-10/h1-4,9,14H,5-8H2. The van der Waals surface area contributed by atoms with E-state index >= 15 is 0 Å². The Hall–Kier alpha value is -1.15. The van der Waals surface area contributed by atoms with E-state index in [-0.39, 0.29) is 5.82 Å². The number of hydrogen-bond donors (Lipinski definition) is 1. The lowest BCUT2D eigenvalue weighted by atomic mass is 10.0. The van der Waals surface area contributed by atoms with Gasteiger partial charge in [-0.15, -0.1) is 0 Å². The van der Waals surface area contributed by atoms with E-state index in [1.54, 1.807) is 6.07 Å². The lowest BCUT2D eigenvalue weighted by Gasteiger charge is -2.15. The van der Waals surface area contributed by atoms with E-state index in [0.717, 1.165) is 25.9 Å². The molecule has 1 aromatic carbocycles. The molecule has 0 atom stereocenters. The molecular formula is C12H14FN. The summed E-state index contributed by atoms with van der Waals surface area (Å²) >= 11 is 0. The summed E-state index contributed by atoms with van der Waals surface area (Å²) in [4.78, 5) is 0. The van der Waals surface area contributed by atoms with Gasteiger partial charge in [0.05, 0.1) is 0 Å². The normalized spacial score (nSPS) is 16.8. The smallest absolute Gasteiger partial charge is 0.130 e. The summed E-state index contributed by atoms with van der Waals surface area (Å²) in [6.07, 6.45) is 4.05. The molecule has 1 N–H and O–H groups in total. The second-order valence-electron chi connectivity index (χ2n) is 3.57. The Morgan fingerprint density at radius 1 is 1.14 bits per heavy atom. The molecule has 0 unspecified atom stereocenters. The maximum atomic E-state index is 13.3. The molecule has 0 spiro atoms. The molecule has 1 fully saturated rings. The summed E-state index contributed by atoms with van der Waals surface area (Å²) in [6.45, 7) is 2.03. The van der Waals surface area contributed by atoms with Crippen LogP contribution < -0.4 is 5.32 Å². The average Bonchev–Trinajstić information content (AvgIpc) is 2.23. The minimum Gasteiger partial charge on any atom is -0.316 e. The fraction of sp³-hybridized carbons (Fsp3) is 0.333. The van der Waals surface area contributed by atoms with Crippen molar-refractivity contribution in [1.82, 2.24) is 5.32 Å². The molecule has 1 aromatic rings. The highest BCUT2D eigenvalue weighted by atomic mass is 19.1. The van der Waals surface area contributed by atoms with Crippen molar-refractivity contribution in [3.8, 4) is 0 Å². The van der Waals surface area contributed by atoms with Crippen LogP contribution in [0.4, 0.5) is 4.39 Å². The van der Waals surface area contributed by atoms with Crippen LogP contribution in [0.1, 0.15) is 18.4 Å². The Kier molecular flexibility index (Phi) is 2.94. The van der Waals surface area contributed by atoms with E-state index in [1.807, 2.05) is 18.2 Å². The third kappa shape index (κ3) is 2.20. The van der Waals surface area contributed by atoms with Crippen LogP contribution in [0.15, 0.2) is 29.8 Å². The first-order chi connectivity index (χ1) is 6.86. The Morgan fingerprint density at radius 3 is 2.57 bits per heavy atom. The molecule has 1 saturated heterocycles. The van der Waals surface area contributed by atoms with Crippen molar-refractivity contribution < 1.29 is 4.39 Å². The molecule has 1 aliphatic heterocycles. The van der Waals surface area contributed by atoms with Crippen LogP contribution in [-0.4, -0.2) is 13.1 Å². The fourth-order valence-electron chi connectivity index (χ4n) is 1.70. The van der Waals surface area contributed by atoms with Gasteiger partial charge in [-0.1, -0.05) is 29.8 Å². The van der Waals surface area contributed by atoms with Crippen molar-refractivity contribution in [2.75, 3.05) is 13.1 Å². The van der Waals surface area contributed by atoms with Gasteiger partial charge < -0.3 is 5.32 Å². The minimum absolute atomic E-state index is 0.126. The molecule has 1 nitrogen and oxygen atoms in total. The van der Waals surface area contributed by atoms with Gasteiger partial charge in [-0.3, -0.25) is 0 Å². The summed E-state index contributed by atoms with van der Waals surface area (Å²) in [7, 11) is 0. The highest BCUT2D eigenvalue weighted by Crippen LogP contribution is 2.17. The molecule has 0 aliphatic carbocycles. The zero-order chi connectivity index (χ0) is 9.80. The first-order valence-corrected chi connectivity index (χ1v) is 5.01. The van der Waals surface area contributed by atoms with E-state index in [2.05, 4.69) is 5.32 Å². The minimum atomic E-state index is -0.126. The second kappa shape index (κ2) is 4.38. The molecule has 1 aliphatic rings. The Balaban J connectivity index is 2.19. The average molecular weight is 191 g/mol. The van der Waals surface area contributed by atoms with Crippen LogP contribution in [0.5, 0.6) is 0 Å². The van der Waals surface area contributed by atoms with Gasteiger partial charge in [0.2, 0.25) is 0 Å². The first kappa shape index (κ1) is 9.41. The van der Waals surface area contributed by atoms with Crippen molar-refractivity contribution in [2.45, 2.75) is 12.8 Å². The van der Waals surface area contributed by atoms with Gasteiger partial charge >= 0.3 is 0 Å². The summed E-state index contributed by atoms with van der Waals surface area (Å²) in [5.41, 5.74) is 2.05. The van der Waals surface area contributed by atoms with E-state index in [9.17, 15) is 4.39 Å². The Labute approximate surface area is 83.6 Å². The van der Waals surface area contributed by atoms with E-state index < -0.39 is 0 Å². The maximum Gasteiger partial charge on any atom is 0.130 e. The van der Waals surface area contributed by atoms with Crippen LogP contribution >= 0.6 is 0 Å². The Bertz CT molecular complexity index is 336. The van der Waals surface area contributed by atoms with Gasteiger partial charge in [-0.2, -0.15) is 0 Å². The van der Waals surface area contributed by atoms with Gasteiger partial charge in [0, 0.05) is 5.56 Å². The highest BCUT2D eigenvalue weighted by molar-refractivity contribution is 5.53. The quantitative estimate of drug-likeness (QED) is 0.719. The number of halogens is 1. The topological polar surface area (TPSA) is 12.0 Å².